The smallest absolute Gasteiger partial charge is 0.130 e. The predicted molar refractivity (Wildman–Crippen MR) is 91.1 cm³/mol. The predicted octanol–water partition coefficient (Wildman–Crippen LogP) is 3.49. The lowest BCUT2D eigenvalue weighted by molar-refractivity contribution is 0.0256. The number of benzene rings is 1. The minimum atomic E-state index is -1.36. The Hall–Kier alpha value is -1.88. The molecule has 1 unspecified atom stereocenters. The highest BCUT2D eigenvalue weighted by molar-refractivity contribution is 5.96. The SMILES string of the molecule is C/C(N)=C(/C)C(=N)N1CCOCC1c1ccc(C(C)(C)F)cc1. The van der Waals surface area contributed by atoms with Gasteiger partial charge in [0.1, 0.15) is 11.5 Å². The molecule has 1 aliphatic heterocycles. The molecule has 23 heavy (non-hydrogen) atoms. The topological polar surface area (TPSA) is 62.3 Å². The highest BCUT2D eigenvalue weighted by atomic mass is 19.1. The number of alkyl halides is 1. The number of halogens is 1. The zero-order valence-electron chi connectivity index (χ0n) is 14.3. The van der Waals surface area contributed by atoms with Gasteiger partial charge in [0.25, 0.3) is 0 Å². The number of allylic oxidation sites excluding steroid dienone is 1. The fourth-order valence-electron chi connectivity index (χ4n) is 2.65. The molecule has 1 heterocycles. The van der Waals surface area contributed by atoms with E-state index in [1.54, 1.807) is 20.8 Å². The zero-order chi connectivity index (χ0) is 17.2. The first kappa shape index (κ1) is 17.5. The molecule has 0 radical (unpaired) electrons. The maximum absolute atomic E-state index is 14.0. The van der Waals surface area contributed by atoms with Crippen molar-refractivity contribution in [3.8, 4) is 0 Å². The number of hydrogen-bond donors (Lipinski definition) is 2. The standard InChI is InChI=1S/C18H26FN3O/c1-12(13(2)20)17(21)22-9-10-23-11-16(22)14-5-7-15(8-6-14)18(3,4)19/h5-8,16,21H,9-11,20H2,1-4H3/b13-12+,21-17?. The fraction of sp³-hybridized carbons (Fsp3) is 0.500. The van der Waals surface area contributed by atoms with E-state index in [1.165, 1.54) is 0 Å². The van der Waals surface area contributed by atoms with E-state index in [1.807, 2.05) is 36.1 Å². The summed E-state index contributed by atoms with van der Waals surface area (Å²) >= 11 is 0. The number of nitrogens with zero attached hydrogens (tertiary/aromatic N) is 1. The molecule has 1 fully saturated rings. The van der Waals surface area contributed by atoms with Crippen LogP contribution in [0.15, 0.2) is 35.5 Å². The normalized spacial score (nSPS) is 20.2. The average Bonchev–Trinajstić information content (AvgIpc) is 2.52. The van der Waals surface area contributed by atoms with E-state index in [2.05, 4.69) is 0 Å². The van der Waals surface area contributed by atoms with Gasteiger partial charge in [0.05, 0.1) is 19.3 Å². The first-order valence-electron chi connectivity index (χ1n) is 7.87. The van der Waals surface area contributed by atoms with Crippen LogP contribution in [0.1, 0.15) is 44.9 Å². The van der Waals surface area contributed by atoms with Crippen molar-refractivity contribution < 1.29 is 9.13 Å². The van der Waals surface area contributed by atoms with Crippen LogP contribution in [0.2, 0.25) is 0 Å². The van der Waals surface area contributed by atoms with Crippen LogP contribution in [0.3, 0.4) is 0 Å². The van der Waals surface area contributed by atoms with E-state index in [9.17, 15) is 4.39 Å². The summed E-state index contributed by atoms with van der Waals surface area (Å²) in [7, 11) is 0. The van der Waals surface area contributed by atoms with Gasteiger partial charge in [-0.1, -0.05) is 24.3 Å². The van der Waals surface area contributed by atoms with Gasteiger partial charge in [0, 0.05) is 17.8 Å². The van der Waals surface area contributed by atoms with Crippen LogP contribution in [0.5, 0.6) is 0 Å². The monoisotopic (exact) mass is 319 g/mol. The largest absolute Gasteiger partial charge is 0.402 e. The number of rotatable bonds is 3. The fourth-order valence-corrected chi connectivity index (χ4v) is 2.65. The van der Waals surface area contributed by atoms with Gasteiger partial charge in [-0.25, -0.2) is 4.39 Å². The van der Waals surface area contributed by atoms with Crippen molar-refractivity contribution in [3.63, 3.8) is 0 Å². The van der Waals surface area contributed by atoms with Crippen molar-refractivity contribution in [3.05, 3.63) is 46.7 Å². The summed E-state index contributed by atoms with van der Waals surface area (Å²) < 4.78 is 19.6. The van der Waals surface area contributed by atoms with Crippen LogP contribution in [-0.2, 0) is 10.4 Å². The summed E-state index contributed by atoms with van der Waals surface area (Å²) in [6.07, 6.45) is 0. The average molecular weight is 319 g/mol. The second kappa shape index (κ2) is 6.71. The van der Waals surface area contributed by atoms with Gasteiger partial charge in [-0.2, -0.15) is 0 Å². The van der Waals surface area contributed by atoms with Gasteiger partial charge < -0.3 is 15.4 Å². The van der Waals surface area contributed by atoms with Crippen LogP contribution in [0, 0.1) is 5.41 Å². The Morgan fingerprint density at radius 3 is 2.43 bits per heavy atom. The number of amidine groups is 1. The highest BCUT2D eigenvalue weighted by Crippen LogP contribution is 2.29. The Kier molecular flexibility index (Phi) is 5.09. The molecule has 1 aliphatic rings. The quantitative estimate of drug-likeness (QED) is 0.662. The summed E-state index contributed by atoms with van der Waals surface area (Å²) in [6, 6.07) is 7.41. The van der Waals surface area contributed by atoms with E-state index in [0.29, 0.717) is 36.9 Å². The molecule has 5 heteroatoms. The third kappa shape index (κ3) is 3.91. The van der Waals surface area contributed by atoms with Crippen LogP contribution >= 0.6 is 0 Å². The minimum absolute atomic E-state index is 0.0534. The Labute approximate surface area is 137 Å². The molecule has 0 aliphatic carbocycles. The molecule has 0 amide bonds. The van der Waals surface area contributed by atoms with E-state index < -0.39 is 5.67 Å². The van der Waals surface area contributed by atoms with E-state index >= 15 is 0 Å². The van der Waals surface area contributed by atoms with Crippen LogP contribution in [0.4, 0.5) is 4.39 Å². The number of nitrogens with one attached hydrogen (secondary N) is 1. The number of nitrogens with two attached hydrogens (primary N) is 1. The lowest BCUT2D eigenvalue weighted by atomic mass is 9.96. The van der Waals surface area contributed by atoms with Crippen LogP contribution in [0.25, 0.3) is 0 Å². The molecule has 1 saturated heterocycles. The van der Waals surface area contributed by atoms with Gasteiger partial charge in [-0.05, 0) is 38.8 Å². The Bertz CT molecular complexity index is 598. The molecule has 1 atom stereocenters. The van der Waals surface area contributed by atoms with E-state index in [-0.39, 0.29) is 6.04 Å². The second-order valence-electron chi connectivity index (χ2n) is 6.54. The first-order chi connectivity index (χ1) is 10.7. The number of morpholine rings is 1. The summed E-state index contributed by atoms with van der Waals surface area (Å²) in [6.45, 7) is 8.50. The van der Waals surface area contributed by atoms with Gasteiger partial charge in [0.2, 0.25) is 0 Å². The van der Waals surface area contributed by atoms with Crippen LogP contribution < -0.4 is 5.73 Å². The molecule has 1 aromatic carbocycles. The van der Waals surface area contributed by atoms with E-state index in [4.69, 9.17) is 15.9 Å². The molecule has 0 aromatic heterocycles. The molecule has 2 rings (SSSR count). The van der Waals surface area contributed by atoms with Gasteiger partial charge in [-0.15, -0.1) is 0 Å². The molecule has 1 aromatic rings. The van der Waals surface area contributed by atoms with Crippen molar-refractivity contribution in [1.29, 1.82) is 5.41 Å². The Morgan fingerprint density at radius 1 is 1.30 bits per heavy atom. The minimum Gasteiger partial charge on any atom is -0.402 e. The first-order valence-corrected chi connectivity index (χ1v) is 7.87. The summed E-state index contributed by atoms with van der Waals surface area (Å²) in [5.41, 5.74) is 7.57. The van der Waals surface area contributed by atoms with Gasteiger partial charge in [0.15, 0.2) is 0 Å². The lowest BCUT2D eigenvalue weighted by Gasteiger charge is -2.38. The van der Waals surface area contributed by atoms with Crippen molar-refractivity contribution in [2.24, 2.45) is 5.73 Å². The molecular weight excluding hydrogens is 293 g/mol. The molecular formula is C18H26FN3O. The molecule has 0 saturated carbocycles. The number of ether oxygens (including phenoxy) is 1. The maximum Gasteiger partial charge on any atom is 0.130 e. The highest BCUT2D eigenvalue weighted by Gasteiger charge is 2.28. The van der Waals surface area contributed by atoms with Crippen molar-refractivity contribution >= 4 is 5.84 Å². The number of hydrogen-bond acceptors (Lipinski definition) is 3. The van der Waals surface area contributed by atoms with Crippen molar-refractivity contribution in [1.82, 2.24) is 4.90 Å². The molecule has 3 N–H and O–H groups in total. The summed E-state index contributed by atoms with van der Waals surface area (Å²) in [4.78, 5) is 2.00. The Morgan fingerprint density at radius 2 is 1.91 bits per heavy atom. The van der Waals surface area contributed by atoms with Crippen LogP contribution in [-0.4, -0.2) is 30.5 Å². The van der Waals surface area contributed by atoms with E-state index in [0.717, 1.165) is 11.1 Å². The third-order valence-corrected chi connectivity index (χ3v) is 4.34. The van der Waals surface area contributed by atoms with Crippen molar-refractivity contribution in [2.45, 2.75) is 39.4 Å². The lowest BCUT2D eigenvalue weighted by Crippen LogP contribution is -2.43. The second-order valence-corrected chi connectivity index (χ2v) is 6.54. The molecule has 4 nitrogen and oxygen atoms in total. The third-order valence-electron chi connectivity index (χ3n) is 4.34. The van der Waals surface area contributed by atoms with Crippen molar-refractivity contribution in [2.75, 3.05) is 19.8 Å². The zero-order valence-corrected chi connectivity index (χ0v) is 14.3. The van der Waals surface area contributed by atoms with Gasteiger partial charge in [-0.3, -0.25) is 5.41 Å². The molecule has 126 valence electrons. The Balaban J connectivity index is 2.28. The maximum atomic E-state index is 14.0. The molecule has 0 bridgehead atoms. The molecule has 0 spiro atoms. The van der Waals surface area contributed by atoms with Gasteiger partial charge >= 0.3 is 0 Å². The summed E-state index contributed by atoms with van der Waals surface area (Å²) in [5, 5.41) is 8.41. The summed E-state index contributed by atoms with van der Waals surface area (Å²) in [5.74, 6) is 0.424.